The molecule has 4 rings (SSSR count). The summed E-state index contributed by atoms with van der Waals surface area (Å²) in [6, 6.07) is 9.37. The van der Waals surface area contributed by atoms with Gasteiger partial charge in [-0.1, -0.05) is 31.2 Å². The number of benzene rings is 2. The second-order valence-electron chi connectivity index (χ2n) is 9.98. The molecule has 2 aliphatic rings. The van der Waals surface area contributed by atoms with Gasteiger partial charge in [0.15, 0.2) is 23.0 Å². The summed E-state index contributed by atoms with van der Waals surface area (Å²) in [7, 11) is 4.06. The van der Waals surface area contributed by atoms with E-state index >= 15 is 0 Å². The van der Waals surface area contributed by atoms with Gasteiger partial charge in [-0.2, -0.15) is 0 Å². The van der Waals surface area contributed by atoms with Crippen LogP contribution in [0.3, 0.4) is 0 Å². The van der Waals surface area contributed by atoms with Gasteiger partial charge in [0.25, 0.3) is 5.91 Å². The van der Waals surface area contributed by atoms with Crippen molar-refractivity contribution in [2.45, 2.75) is 39.2 Å². The highest BCUT2D eigenvalue weighted by molar-refractivity contribution is 6.46. The number of nitrogens with zero attached hydrogens (tertiary/aromatic N) is 1. The Hall–Kier alpha value is -3.72. The maximum atomic E-state index is 13.9. The molecule has 1 saturated heterocycles. The van der Waals surface area contributed by atoms with Gasteiger partial charge in [-0.05, 0) is 48.7 Å². The zero-order chi connectivity index (χ0) is 27.9. The van der Waals surface area contributed by atoms with E-state index in [1.165, 1.54) is 9.80 Å². The highest BCUT2D eigenvalue weighted by atomic mass is 16.6. The number of nitrogens with one attached hydrogen (secondary N) is 1. The molecule has 9 heteroatoms. The van der Waals surface area contributed by atoms with Crippen molar-refractivity contribution in [1.29, 1.82) is 0 Å². The molecule has 1 amide bonds. The summed E-state index contributed by atoms with van der Waals surface area (Å²) < 4.78 is 23.0. The van der Waals surface area contributed by atoms with Crippen molar-refractivity contribution in [1.82, 2.24) is 4.90 Å². The van der Waals surface area contributed by atoms with Gasteiger partial charge < -0.3 is 33.9 Å². The fourth-order valence-electron chi connectivity index (χ4n) is 4.80. The van der Waals surface area contributed by atoms with E-state index in [4.69, 9.17) is 18.9 Å². The van der Waals surface area contributed by atoms with Gasteiger partial charge in [-0.25, -0.2) is 0 Å². The predicted molar refractivity (Wildman–Crippen MR) is 144 cm³/mol. The Kier molecular flexibility index (Phi) is 9.35. The van der Waals surface area contributed by atoms with Gasteiger partial charge in [-0.3, -0.25) is 9.59 Å². The minimum absolute atomic E-state index is 0.0732. The number of carbonyl (C=O) groups excluding carboxylic acids is 2. The molecule has 2 aromatic rings. The molecular weight excluding hydrogens is 500 g/mol. The summed E-state index contributed by atoms with van der Waals surface area (Å²) in [5.41, 5.74) is 0.819. The quantitative estimate of drug-likeness (QED) is 0.190. The largest absolute Gasteiger partial charge is 0.872 e. The van der Waals surface area contributed by atoms with Crippen molar-refractivity contribution in [3.63, 3.8) is 0 Å². The zero-order valence-electron chi connectivity index (χ0n) is 23.2. The first-order valence-corrected chi connectivity index (χ1v) is 13.7. The summed E-state index contributed by atoms with van der Waals surface area (Å²) in [5, 5.41) is 13.9. The van der Waals surface area contributed by atoms with E-state index in [2.05, 4.69) is 6.92 Å². The number of unbranched alkanes of at least 4 members (excludes halogenated alkanes) is 1. The molecule has 0 radical (unpaired) electrons. The van der Waals surface area contributed by atoms with Crippen molar-refractivity contribution in [3.8, 4) is 23.0 Å². The average molecular weight is 539 g/mol. The first-order valence-electron chi connectivity index (χ1n) is 13.7. The highest BCUT2D eigenvalue weighted by Crippen LogP contribution is 2.42. The van der Waals surface area contributed by atoms with Gasteiger partial charge in [0.1, 0.15) is 13.2 Å². The van der Waals surface area contributed by atoms with Crippen molar-refractivity contribution >= 4 is 17.4 Å². The second kappa shape index (κ2) is 12.9. The molecule has 0 bridgehead atoms. The van der Waals surface area contributed by atoms with E-state index in [0.29, 0.717) is 68.0 Å². The molecule has 9 nitrogen and oxygen atoms in total. The SMILES string of the molecule is CCCCOc1ccc(C2C(=C([O-])c3ccc4c(c3)OCCO4)C(=O)C(=O)N2CCC[NH+](C)C)cc1OCC. The molecule has 0 spiro atoms. The fraction of sp³-hybridized carbons (Fsp3) is 0.467. The Labute approximate surface area is 229 Å². The third-order valence-electron chi connectivity index (χ3n) is 6.75. The van der Waals surface area contributed by atoms with Gasteiger partial charge in [0.05, 0.1) is 39.9 Å². The molecule has 1 fully saturated rings. The monoisotopic (exact) mass is 538 g/mol. The number of carbonyl (C=O) groups is 2. The number of likely N-dealkylation sites (tertiary alicyclic amines) is 1. The number of rotatable bonds is 12. The molecule has 0 saturated carbocycles. The van der Waals surface area contributed by atoms with Crippen LogP contribution in [0, 0.1) is 0 Å². The summed E-state index contributed by atoms with van der Waals surface area (Å²) in [4.78, 5) is 29.4. The molecule has 0 aromatic heterocycles. The molecule has 2 aromatic carbocycles. The molecule has 210 valence electrons. The number of fused-ring (bicyclic) bond motifs is 1. The van der Waals surface area contributed by atoms with Crippen molar-refractivity contribution in [3.05, 3.63) is 53.1 Å². The van der Waals surface area contributed by atoms with E-state index in [9.17, 15) is 14.7 Å². The number of amides is 1. The maximum Gasteiger partial charge on any atom is 0.295 e. The van der Waals surface area contributed by atoms with Crippen LogP contribution in [-0.4, -0.2) is 70.2 Å². The lowest BCUT2D eigenvalue weighted by Crippen LogP contribution is -3.05. The van der Waals surface area contributed by atoms with E-state index in [1.54, 1.807) is 30.3 Å². The third-order valence-corrected chi connectivity index (χ3v) is 6.75. The second-order valence-corrected chi connectivity index (χ2v) is 9.98. The lowest BCUT2D eigenvalue weighted by atomic mass is 9.94. The fourth-order valence-corrected chi connectivity index (χ4v) is 4.80. The standard InChI is InChI=1S/C30H38N2O7/c1-5-7-15-37-22-11-9-20(18-24(22)36-6-2)27-26(29(34)30(35)32(27)14-8-13-31(3)4)28(33)21-10-12-23-25(19-21)39-17-16-38-23/h9-12,18-19,27,33H,5-8,13-17H2,1-4H3. The molecule has 1 atom stereocenters. The topological polar surface area (TPSA) is 102 Å². The molecular formula is C30H38N2O7. The Balaban J connectivity index is 1.78. The number of Topliss-reactive ketones (excluding diaryl/α,β-unsaturated/α-hetero) is 1. The summed E-state index contributed by atoms with van der Waals surface area (Å²) in [6.45, 7) is 6.89. The third kappa shape index (κ3) is 6.30. The van der Waals surface area contributed by atoms with Crippen LogP contribution in [0.4, 0.5) is 0 Å². The summed E-state index contributed by atoms with van der Waals surface area (Å²) in [5.74, 6) is 0.139. The molecule has 39 heavy (non-hydrogen) atoms. The van der Waals surface area contributed by atoms with E-state index < -0.39 is 23.5 Å². The Morgan fingerprint density at radius 3 is 2.49 bits per heavy atom. The Morgan fingerprint density at radius 1 is 1.00 bits per heavy atom. The van der Waals surface area contributed by atoms with E-state index in [-0.39, 0.29) is 11.1 Å². The molecule has 2 heterocycles. The molecule has 0 aliphatic carbocycles. The van der Waals surface area contributed by atoms with Crippen LogP contribution in [0.1, 0.15) is 50.3 Å². The minimum Gasteiger partial charge on any atom is -0.872 e. The number of ether oxygens (including phenoxy) is 4. The van der Waals surface area contributed by atoms with Gasteiger partial charge in [0, 0.05) is 18.5 Å². The number of quaternary nitrogens is 1. The van der Waals surface area contributed by atoms with E-state index in [0.717, 1.165) is 19.4 Å². The first kappa shape index (κ1) is 28.3. The van der Waals surface area contributed by atoms with Crippen LogP contribution >= 0.6 is 0 Å². The van der Waals surface area contributed by atoms with Crippen molar-refractivity contribution < 1.29 is 38.5 Å². The van der Waals surface area contributed by atoms with Crippen LogP contribution < -0.4 is 29.0 Å². The summed E-state index contributed by atoms with van der Waals surface area (Å²) >= 11 is 0. The van der Waals surface area contributed by atoms with Crippen molar-refractivity contribution in [2.24, 2.45) is 0 Å². The molecule has 2 aliphatic heterocycles. The van der Waals surface area contributed by atoms with Gasteiger partial charge >= 0.3 is 0 Å². The highest BCUT2D eigenvalue weighted by Gasteiger charge is 2.44. The minimum atomic E-state index is -0.841. The smallest absolute Gasteiger partial charge is 0.295 e. The van der Waals surface area contributed by atoms with E-state index in [1.807, 2.05) is 27.1 Å². The van der Waals surface area contributed by atoms with Crippen molar-refractivity contribution in [2.75, 3.05) is 53.6 Å². The van der Waals surface area contributed by atoms with Crippen LogP contribution in [-0.2, 0) is 9.59 Å². The Morgan fingerprint density at radius 2 is 1.77 bits per heavy atom. The van der Waals surface area contributed by atoms with Crippen LogP contribution in [0.25, 0.3) is 5.76 Å². The zero-order valence-corrected chi connectivity index (χ0v) is 23.2. The molecule has 1 N–H and O–H groups in total. The maximum absolute atomic E-state index is 13.9. The van der Waals surface area contributed by atoms with Gasteiger partial charge in [-0.15, -0.1) is 0 Å². The number of hydrogen-bond acceptors (Lipinski definition) is 7. The normalized spacial score (nSPS) is 18.1. The van der Waals surface area contributed by atoms with Crippen LogP contribution in [0.2, 0.25) is 0 Å². The predicted octanol–water partition coefficient (Wildman–Crippen LogP) is 1.79. The molecule has 1 unspecified atom stereocenters. The van der Waals surface area contributed by atoms with Crippen LogP contribution in [0.15, 0.2) is 42.0 Å². The van der Waals surface area contributed by atoms with Gasteiger partial charge in [0.2, 0.25) is 5.78 Å². The number of ketones is 1. The lowest BCUT2D eigenvalue weighted by Gasteiger charge is -2.28. The lowest BCUT2D eigenvalue weighted by molar-refractivity contribution is -0.858. The van der Waals surface area contributed by atoms with Crippen LogP contribution in [0.5, 0.6) is 23.0 Å². The Bertz CT molecular complexity index is 1220. The first-order chi connectivity index (χ1) is 18.8. The number of hydrogen-bond donors (Lipinski definition) is 1. The summed E-state index contributed by atoms with van der Waals surface area (Å²) in [6.07, 6.45) is 2.58. The average Bonchev–Trinajstić information content (AvgIpc) is 3.18.